The van der Waals surface area contributed by atoms with Crippen molar-refractivity contribution < 1.29 is 14.7 Å². The second-order valence-corrected chi connectivity index (χ2v) is 4.63. The van der Waals surface area contributed by atoms with Gasteiger partial charge in [0, 0.05) is 13.1 Å². The molecule has 1 amide bonds. The largest absolute Gasteiger partial charge is 0.478 e. The van der Waals surface area contributed by atoms with Crippen LogP contribution in [-0.4, -0.2) is 35.0 Å². The Hall–Kier alpha value is -1.88. The van der Waals surface area contributed by atoms with Crippen LogP contribution in [0.5, 0.6) is 0 Å². The molecule has 0 aromatic heterocycles. The molecular weight excluding hydrogens is 232 g/mol. The zero-order valence-electron chi connectivity index (χ0n) is 10.0. The minimum Gasteiger partial charge on any atom is -0.478 e. The van der Waals surface area contributed by atoms with Crippen LogP contribution in [-0.2, 0) is 11.3 Å². The highest BCUT2D eigenvalue weighted by atomic mass is 16.4. The number of hydrogen-bond donors (Lipinski definition) is 2. The van der Waals surface area contributed by atoms with E-state index in [4.69, 9.17) is 10.8 Å². The van der Waals surface area contributed by atoms with Gasteiger partial charge in [0.15, 0.2) is 0 Å². The van der Waals surface area contributed by atoms with E-state index in [-0.39, 0.29) is 17.4 Å². The lowest BCUT2D eigenvalue weighted by atomic mass is 10.1. The van der Waals surface area contributed by atoms with E-state index >= 15 is 0 Å². The Kier molecular flexibility index (Phi) is 3.62. The summed E-state index contributed by atoms with van der Waals surface area (Å²) in [7, 11) is 0. The third-order valence-electron chi connectivity index (χ3n) is 3.25. The minimum atomic E-state index is -0.923. The van der Waals surface area contributed by atoms with Crippen LogP contribution < -0.4 is 5.73 Å². The van der Waals surface area contributed by atoms with E-state index in [1.807, 2.05) is 6.07 Å². The topological polar surface area (TPSA) is 83.6 Å². The number of nitrogens with zero attached hydrogens (tertiary/aromatic N) is 1. The molecule has 1 fully saturated rings. The molecule has 5 nitrogen and oxygen atoms in total. The fourth-order valence-electron chi connectivity index (χ4n) is 2.27. The van der Waals surface area contributed by atoms with Crippen LogP contribution in [0, 0.1) is 5.92 Å². The van der Waals surface area contributed by atoms with Crippen LogP contribution in [0.25, 0.3) is 0 Å². The Morgan fingerprint density at radius 3 is 2.83 bits per heavy atom. The summed E-state index contributed by atoms with van der Waals surface area (Å²) in [6.45, 7) is 2.14. The molecule has 1 heterocycles. The molecule has 5 heteroatoms. The van der Waals surface area contributed by atoms with Crippen LogP contribution in [0.3, 0.4) is 0 Å². The van der Waals surface area contributed by atoms with E-state index in [2.05, 4.69) is 4.90 Å². The number of primary amides is 1. The van der Waals surface area contributed by atoms with Crippen molar-refractivity contribution in [2.45, 2.75) is 13.0 Å². The van der Waals surface area contributed by atoms with Crippen molar-refractivity contribution in [3.05, 3.63) is 35.4 Å². The number of carboxylic acids is 1. The number of carbonyl (C=O) groups is 2. The predicted molar refractivity (Wildman–Crippen MR) is 66.0 cm³/mol. The van der Waals surface area contributed by atoms with E-state index in [1.165, 1.54) is 0 Å². The summed E-state index contributed by atoms with van der Waals surface area (Å²) >= 11 is 0. The minimum absolute atomic E-state index is 0.0762. The van der Waals surface area contributed by atoms with E-state index < -0.39 is 5.97 Å². The zero-order valence-corrected chi connectivity index (χ0v) is 10.0. The molecule has 1 aromatic rings. The van der Waals surface area contributed by atoms with Crippen molar-refractivity contribution in [1.82, 2.24) is 4.90 Å². The van der Waals surface area contributed by atoms with Crippen molar-refractivity contribution in [2.75, 3.05) is 13.1 Å². The fraction of sp³-hybridized carbons (Fsp3) is 0.385. The Labute approximate surface area is 105 Å². The first-order valence-corrected chi connectivity index (χ1v) is 5.90. The molecule has 1 aliphatic rings. The SMILES string of the molecule is NC(=O)C1CCN(Cc2cccc(C(=O)O)c2)C1. The van der Waals surface area contributed by atoms with Crippen molar-refractivity contribution in [3.63, 3.8) is 0 Å². The second-order valence-electron chi connectivity index (χ2n) is 4.63. The van der Waals surface area contributed by atoms with E-state index in [1.54, 1.807) is 18.2 Å². The third-order valence-corrected chi connectivity index (χ3v) is 3.25. The number of nitrogens with two attached hydrogens (primary N) is 1. The standard InChI is InChI=1S/C13H16N2O3/c14-12(16)11-4-5-15(8-11)7-9-2-1-3-10(6-9)13(17)18/h1-3,6,11H,4-5,7-8H2,(H2,14,16)(H,17,18). The number of carbonyl (C=O) groups excluding carboxylic acids is 1. The molecule has 2 rings (SSSR count). The van der Waals surface area contributed by atoms with Gasteiger partial charge < -0.3 is 10.8 Å². The summed E-state index contributed by atoms with van der Waals surface area (Å²) in [4.78, 5) is 24.0. The Bertz CT molecular complexity index is 473. The summed E-state index contributed by atoms with van der Waals surface area (Å²) in [5, 5.41) is 8.91. The molecule has 1 saturated heterocycles. The lowest BCUT2D eigenvalue weighted by Gasteiger charge is -2.15. The van der Waals surface area contributed by atoms with Gasteiger partial charge in [-0.2, -0.15) is 0 Å². The van der Waals surface area contributed by atoms with Gasteiger partial charge in [0.1, 0.15) is 0 Å². The lowest BCUT2D eigenvalue weighted by molar-refractivity contribution is -0.121. The summed E-state index contributed by atoms with van der Waals surface area (Å²) < 4.78 is 0. The average molecular weight is 248 g/mol. The maximum absolute atomic E-state index is 11.1. The van der Waals surface area contributed by atoms with Crippen LogP contribution in [0.1, 0.15) is 22.3 Å². The van der Waals surface area contributed by atoms with Crippen molar-refractivity contribution in [1.29, 1.82) is 0 Å². The van der Waals surface area contributed by atoms with Gasteiger partial charge in [0.25, 0.3) is 0 Å². The van der Waals surface area contributed by atoms with Gasteiger partial charge >= 0.3 is 5.97 Å². The lowest BCUT2D eigenvalue weighted by Crippen LogP contribution is -2.27. The van der Waals surface area contributed by atoms with Gasteiger partial charge in [0.05, 0.1) is 11.5 Å². The smallest absolute Gasteiger partial charge is 0.335 e. The zero-order chi connectivity index (χ0) is 13.1. The average Bonchev–Trinajstić information content (AvgIpc) is 2.78. The summed E-state index contributed by atoms with van der Waals surface area (Å²) in [6, 6.07) is 6.87. The molecule has 0 bridgehead atoms. The van der Waals surface area contributed by atoms with Gasteiger partial charge in [-0.3, -0.25) is 9.69 Å². The maximum Gasteiger partial charge on any atom is 0.335 e. The van der Waals surface area contributed by atoms with Crippen molar-refractivity contribution in [2.24, 2.45) is 11.7 Å². The van der Waals surface area contributed by atoms with E-state index in [0.717, 1.165) is 18.5 Å². The molecule has 0 spiro atoms. The number of hydrogen-bond acceptors (Lipinski definition) is 3. The van der Waals surface area contributed by atoms with Crippen LogP contribution >= 0.6 is 0 Å². The summed E-state index contributed by atoms with van der Waals surface area (Å²) in [6.07, 6.45) is 0.786. The molecule has 0 radical (unpaired) electrons. The number of carboxylic acid groups (broad SMARTS) is 1. The van der Waals surface area contributed by atoms with E-state index in [9.17, 15) is 9.59 Å². The normalized spacial score (nSPS) is 19.9. The quantitative estimate of drug-likeness (QED) is 0.821. The molecule has 3 N–H and O–H groups in total. The number of aromatic carboxylic acids is 1. The Morgan fingerprint density at radius 1 is 1.44 bits per heavy atom. The first-order chi connectivity index (χ1) is 8.56. The van der Waals surface area contributed by atoms with Crippen LogP contribution in [0.2, 0.25) is 0 Å². The highest BCUT2D eigenvalue weighted by Gasteiger charge is 2.26. The van der Waals surface area contributed by atoms with Gasteiger partial charge in [-0.05, 0) is 30.7 Å². The first-order valence-electron chi connectivity index (χ1n) is 5.90. The molecule has 18 heavy (non-hydrogen) atoms. The number of rotatable bonds is 4. The van der Waals surface area contributed by atoms with Crippen LogP contribution in [0.15, 0.2) is 24.3 Å². The molecule has 1 unspecified atom stereocenters. The van der Waals surface area contributed by atoms with Gasteiger partial charge in [-0.25, -0.2) is 4.79 Å². The highest BCUT2D eigenvalue weighted by Crippen LogP contribution is 2.18. The third kappa shape index (κ3) is 2.87. The van der Waals surface area contributed by atoms with Gasteiger partial charge in [-0.15, -0.1) is 0 Å². The number of amides is 1. The van der Waals surface area contributed by atoms with Crippen molar-refractivity contribution in [3.8, 4) is 0 Å². The molecule has 1 aromatic carbocycles. The summed E-state index contributed by atoms with van der Waals surface area (Å²) in [5.41, 5.74) is 6.51. The highest BCUT2D eigenvalue weighted by molar-refractivity contribution is 5.87. The Morgan fingerprint density at radius 2 is 2.22 bits per heavy atom. The molecular formula is C13H16N2O3. The summed E-state index contributed by atoms with van der Waals surface area (Å²) in [5.74, 6) is -1.25. The number of benzene rings is 1. The van der Waals surface area contributed by atoms with E-state index in [0.29, 0.717) is 13.1 Å². The molecule has 1 aliphatic heterocycles. The predicted octanol–water partition coefficient (Wildman–Crippen LogP) is 0.692. The number of likely N-dealkylation sites (tertiary alicyclic amines) is 1. The van der Waals surface area contributed by atoms with Crippen molar-refractivity contribution >= 4 is 11.9 Å². The fourth-order valence-corrected chi connectivity index (χ4v) is 2.27. The van der Waals surface area contributed by atoms with Gasteiger partial charge in [0.2, 0.25) is 5.91 Å². The Balaban J connectivity index is 2.00. The first kappa shape index (κ1) is 12.6. The molecule has 0 aliphatic carbocycles. The molecule has 0 saturated carbocycles. The monoisotopic (exact) mass is 248 g/mol. The van der Waals surface area contributed by atoms with Gasteiger partial charge in [-0.1, -0.05) is 12.1 Å². The molecule has 96 valence electrons. The molecule has 1 atom stereocenters. The van der Waals surface area contributed by atoms with Crippen LogP contribution in [0.4, 0.5) is 0 Å². The maximum atomic E-state index is 11.1. The second kappa shape index (κ2) is 5.18.